The van der Waals surface area contributed by atoms with Crippen LogP contribution in [0.5, 0.6) is 0 Å². The van der Waals surface area contributed by atoms with E-state index in [1.165, 1.54) is 0 Å². The van der Waals surface area contributed by atoms with Gasteiger partial charge in [0.15, 0.2) is 0 Å². The maximum Gasteiger partial charge on any atom is 0.338 e. The summed E-state index contributed by atoms with van der Waals surface area (Å²) in [5.41, 5.74) is 3.86. The van der Waals surface area contributed by atoms with E-state index in [2.05, 4.69) is 16.7 Å². The van der Waals surface area contributed by atoms with Crippen molar-refractivity contribution < 1.29 is 9.53 Å². The molecule has 3 nitrogen and oxygen atoms in total. The average Bonchev–Trinajstić information content (AvgIpc) is 2.68. The van der Waals surface area contributed by atoms with E-state index >= 15 is 0 Å². The molecule has 1 heterocycles. The second kappa shape index (κ2) is 5.31. The number of nitrogens with zero attached hydrogens (tertiary/aromatic N) is 1. The smallest absolute Gasteiger partial charge is 0.338 e. The van der Waals surface area contributed by atoms with Crippen LogP contribution in [0, 0.1) is 13.8 Å². The molecule has 1 aromatic heterocycles. The Labute approximate surface area is 113 Å². The number of carbonyl (C=O) groups is 1. The zero-order chi connectivity index (χ0) is 14.0. The SMILES string of the molecule is Cc1ccc(C)n1-c1cccc(C(=O)OC(C)C)c1. The van der Waals surface area contributed by atoms with Gasteiger partial charge < -0.3 is 9.30 Å². The zero-order valence-electron chi connectivity index (χ0n) is 11.8. The topological polar surface area (TPSA) is 31.2 Å². The minimum absolute atomic E-state index is 0.105. The second-order valence-corrected chi connectivity index (χ2v) is 4.96. The van der Waals surface area contributed by atoms with Gasteiger partial charge in [-0.25, -0.2) is 4.79 Å². The molecular weight excluding hydrogens is 238 g/mol. The maximum atomic E-state index is 11.9. The first kappa shape index (κ1) is 13.4. The first-order chi connectivity index (χ1) is 8.99. The molecule has 2 rings (SSSR count). The Kier molecular flexibility index (Phi) is 3.74. The number of aryl methyl sites for hydroxylation is 2. The number of benzene rings is 1. The van der Waals surface area contributed by atoms with Crippen molar-refractivity contribution in [2.75, 3.05) is 0 Å². The first-order valence-electron chi connectivity index (χ1n) is 6.45. The fraction of sp³-hybridized carbons (Fsp3) is 0.312. The molecule has 0 radical (unpaired) electrons. The van der Waals surface area contributed by atoms with Crippen LogP contribution in [0.25, 0.3) is 5.69 Å². The number of rotatable bonds is 3. The van der Waals surface area contributed by atoms with Crippen LogP contribution < -0.4 is 0 Å². The van der Waals surface area contributed by atoms with Crippen LogP contribution in [0.1, 0.15) is 35.6 Å². The van der Waals surface area contributed by atoms with Crippen molar-refractivity contribution >= 4 is 5.97 Å². The molecule has 19 heavy (non-hydrogen) atoms. The van der Waals surface area contributed by atoms with E-state index in [0.29, 0.717) is 5.56 Å². The van der Waals surface area contributed by atoms with Gasteiger partial charge in [0.05, 0.1) is 11.7 Å². The third-order valence-electron chi connectivity index (χ3n) is 2.95. The third kappa shape index (κ3) is 2.87. The quantitative estimate of drug-likeness (QED) is 0.786. The van der Waals surface area contributed by atoms with Gasteiger partial charge >= 0.3 is 5.97 Å². The lowest BCUT2D eigenvalue weighted by Crippen LogP contribution is -2.12. The molecule has 0 fully saturated rings. The summed E-state index contributed by atoms with van der Waals surface area (Å²) in [6.45, 7) is 7.79. The monoisotopic (exact) mass is 257 g/mol. The lowest BCUT2D eigenvalue weighted by molar-refractivity contribution is 0.0378. The van der Waals surface area contributed by atoms with E-state index in [9.17, 15) is 4.79 Å². The molecule has 1 aromatic carbocycles. The van der Waals surface area contributed by atoms with Gasteiger partial charge in [-0.3, -0.25) is 0 Å². The lowest BCUT2D eigenvalue weighted by atomic mass is 10.2. The number of carbonyl (C=O) groups excluding carboxylic acids is 1. The summed E-state index contributed by atoms with van der Waals surface area (Å²) in [6.07, 6.45) is -0.105. The number of esters is 1. The molecule has 2 aromatic rings. The Balaban J connectivity index is 2.37. The van der Waals surface area contributed by atoms with Crippen molar-refractivity contribution in [2.24, 2.45) is 0 Å². The summed E-state index contributed by atoms with van der Waals surface area (Å²) in [6, 6.07) is 11.6. The molecule has 0 N–H and O–H groups in total. The summed E-state index contributed by atoms with van der Waals surface area (Å²) in [5, 5.41) is 0. The minimum Gasteiger partial charge on any atom is -0.459 e. The van der Waals surface area contributed by atoms with Crippen molar-refractivity contribution in [3.05, 3.63) is 53.3 Å². The maximum absolute atomic E-state index is 11.9. The number of hydrogen-bond acceptors (Lipinski definition) is 2. The highest BCUT2D eigenvalue weighted by molar-refractivity contribution is 5.90. The van der Waals surface area contributed by atoms with E-state index < -0.39 is 0 Å². The van der Waals surface area contributed by atoms with E-state index in [-0.39, 0.29) is 12.1 Å². The van der Waals surface area contributed by atoms with E-state index in [1.807, 2.05) is 45.9 Å². The van der Waals surface area contributed by atoms with Gasteiger partial charge in [-0.05, 0) is 58.0 Å². The Hall–Kier alpha value is -2.03. The van der Waals surface area contributed by atoms with Crippen LogP contribution in [-0.2, 0) is 4.74 Å². The molecule has 0 aliphatic heterocycles. The van der Waals surface area contributed by atoms with Gasteiger partial charge in [-0.2, -0.15) is 0 Å². The average molecular weight is 257 g/mol. The molecule has 3 heteroatoms. The second-order valence-electron chi connectivity index (χ2n) is 4.96. The molecule has 0 atom stereocenters. The van der Waals surface area contributed by atoms with Crippen LogP contribution in [0.2, 0.25) is 0 Å². The van der Waals surface area contributed by atoms with Gasteiger partial charge in [0.2, 0.25) is 0 Å². The molecule has 0 amide bonds. The first-order valence-corrected chi connectivity index (χ1v) is 6.45. The number of aromatic nitrogens is 1. The van der Waals surface area contributed by atoms with Crippen molar-refractivity contribution in [2.45, 2.75) is 33.8 Å². The molecule has 0 bridgehead atoms. The van der Waals surface area contributed by atoms with Crippen molar-refractivity contribution in [1.29, 1.82) is 0 Å². The largest absolute Gasteiger partial charge is 0.459 e. The lowest BCUT2D eigenvalue weighted by Gasteiger charge is -2.12. The van der Waals surface area contributed by atoms with Crippen molar-refractivity contribution in [3.8, 4) is 5.69 Å². The van der Waals surface area contributed by atoms with Crippen LogP contribution in [-0.4, -0.2) is 16.6 Å². The Bertz CT molecular complexity index is 577. The molecule has 0 saturated carbocycles. The van der Waals surface area contributed by atoms with Gasteiger partial charge in [0, 0.05) is 17.1 Å². The Morgan fingerprint density at radius 3 is 2.32 bits per heavy atom. The Morgan fingerprint density at radius 1 is 1.11 bits per heavy atom. The summed E-state index contributed by atoms with van der Waals surface area (Å²) in [4.78, 5) is 11.9. The van der Waals surface area contributed by atoms with Crippen LogP contribution in [0.15, 0.2) is 36.4 Å². The van der Waals surface area contributed by atoms with Crippen molar-refractivity contribution in [1.82, 2.24) is 4.57 Å². The van der Waals surface area contributed by atoms with Crippen LogP contribution in [0.4, 0.5) is 0 Å². The molecule has 100 valence electrons. The summed E-state index contributed by atoms with van der Waals surface area (Å²) in [7, 11) is 0. The van der Waals surface area contributed by atoms with Crippen LogP contribution in [0.3, 0.4) is 0 Å². The molecule has 0 saturated heterocycles. The molecule has 0 aliphatic carbocycles. The summed E-state index contributed by atoms with van der Waals surface area (Å²) >= 11 is 0. The standard InChI is InChI=1S/C16H19NO2/c1-11(2)19-16(18)14-6-5-7-15(10-14)17-12(3)8-9-13(17)4/h5-11H,1-4H3. The Morgan fingerprint density at radius 2 is 1.74 bits per heavy atom. The van der Waals surface area contributed by atoms with E-state index in [4.69, 9.17) is 4.74 Å². The molecule has 0 unspecified atom stereocenters. The normalized spacial score (nSPS) is 10.8. The molecule has 0 spiro atoms. The number of ether oxygens (including phenoxy) is 1. The van der Waals surface area contributed by atoms with Crippen LogP contribution >= 0.6 is 0 Å². The van der Waals surface area contributed by atoms with E-state index in [0.717, 1.165) is 17.1 Å². The fourth-order valence-electron chi connectivity index (χ4n) is 2.13. The highest BCUT2D eigenvalue weighted by atomic mass is 16.5. The predicted octanol–water partition coefficient (Wildman–Crippen LogP) is 3.66. The third-order valence-corrected chi connectivity index (χ3v) is 2.95. The van der Waals surface area contributed by atoms with Crippen molar-refractivity contribution in [3.63, 3.8) is 0 Å². The summed E-state index contributed by atoms with van der Waals surface area (Å²) < 4.78 is 7.34. The fourth-order valence-corrected chi connectivity index (χ4v) is 2.13. The predicted molar refractivity (Wildman–Crippen MR) is 75.8 cm³/mol. The summed E-state index contributed by atoms with van der Waals surface area (Å²) in [5.74, 6) is -0.278. The van der Waals surface area contributed by atoms with Gasteiger partial charge in [0.1, 0.15) is 0 Å². The highest BCUT2D eigenvalue weighted by Gasteiger charge is 2.11. The van der Waals surface area contributed by atoms with Gasteiger partial charge in [-0.1, -0.05) is 6.07 Å². The zero-order valence-corrected chi connectivity index (χ0v) is 11.8. The highest BCUT2D eigenvalue weighted by Crippen LogP contribution is 2.18. The minimum atomic E-state index is -0.278. The molecular formula is C16H19NO2. The van der Waals surface area contributed by atoms with E-state index in [1.54, 1.807) is 6.07 Å². The van der Waals surface area contributed by atoms with Gasteiger partial charge in [-0.15, -0.1) is 0 Å². The number of hydrogen-bond donors (Lipinski definition) is 0. The molecule has 0 aliphatic rings. The van der Waals surface area contributed by atoms with Gasteiger partial charge in [0.25, 0.3) is 0 Å².